The summed E-state index contributed by atoms with van der Waals surface area (Å²) in [6.07, 6.45) is 13.7. The van der Waals surface area contributed by atoms with Gasteiger partial charge in [-0.1, -0.05) is 49.1 Å². The summed E-state index contributed by atoms with van der Waals surface area (Å²) >= 11 is 0. The second-order valence-electron chi connectivity index (χ2n) is 8.29. The molecule has 0 radical (unpaired) electrons. The summed E-state index contributed by atoms with van der Waals surface area (Å²) < 4.78 is 1.80. The molecule has 0 bridgehead atoms. The molecule has 2 aromatic rings. The summed E-state index contributed by atoms with van der Waals surface area (Å²) in [4.78, 5) is 25.7. The standard InChI is InChI=1S/C26H32N2O2/c1-4-5-11-24(27-26(30)23-16-19(2)12-13-20(23)3)22-14-15-28(25(29)17-22)18-21-9-7-6-8-10-21/h4-5,11-17,21H,6-10,18H2,1-3H3,(H,27,30)/b5-4-,24-11+. The van der Waals surface area contributed by atoms with E-state index in [4.69, 9.17) is 0 Å². The summed E-state index contributed by atoms with van der Waals surface area (Å²) in [5.74, 6) is 0.419. The Bertz CT molecular complexity index is 1010. The number of hydrogen-bond donors (Lipinski definition) is 1. The quantitative estimate of drug-likeness (QED) is 0.656. The molecule has 158 valence electrons. The molecule has 0 atom stereocenters. The Morgan fingerprint density at radius 3 is 2.60 bits per heavy atom. The molecular weight excluding hydrogens is 372 g/mol. The predicted octanol–water partition coefficient (Wildman–Crippen LogP) is 5.39. The number of pyridine rings is 1. The van der Waals surface area contributed by atoms with E-state index in [0.717, 1.165) is 23.2 Å². The monoisotopic (exact) mass is 404 g/mol. The summed E-state index contributed by atoms with van der Waals surface area (Å²) in [6.45, 7) is 6.60. The molecule has 1 amide bonds. The van der Waals surface area contributed by atoms with Crippen molar-refractivity contribution in [3.63, 3.8) is 0 Å². The van der Waals surface area contributed by atoms with Gasteiger partial charge in [-0.3, -0.25) is 9.59 Å². The van der Waals surface area contributed by atoms with Crippen molar-refractivity contribution in [1.29, 1.82) is 0 Å². The smallest absolute Gasteiger partial charge is 0.255 e. The first-order valence-corrected chi connectivity index (χ1v) is 10.9. The SMILES string of the molecule is C/C=C\C=C(\NC(=O)c1cc(C)ccc1C)c1ccn(CC2CCCCC2)c(=O)c1. The van der Waals surface area contributed by atoms with E-state index in [9.17, 15) is 9.59 Å². The van der Waals surface area contributed by atoms with Crippen molar-refractivity contribution in [1.82, 2.24) is 9.88 Å². The molecule has 30 heavy (non-hydrogen) atoms. The molecule has 0 unspecified atom stereocenters. The van der Waals surface area contributed by atoms with E-state index in [2.05, 4.69) is 5.32 Å². The molecule has 1 aliphatic carbocycles. The molecule has 0 aliphatic heterocycles. The van der Waals surface area contributed by atoms with Crippen LogP contribution in [0.2, 0.25) is 0 Å². The van der Waals surface area contributed by atoms with E-state index in [-0.39, 0.29) is 11.5 Å². The van der Waals surface area contributed by atoms with Crippen molar-refractivity contribution >= 4 is 11.6 Å². The van der Waals surface area contributed by atoms with Crippen molar-refractivity contribution in [3.05, 3.63) is 87.4 Å². The van der Waals surface area contributed by atoms with Crippen molar-refractivity contribution in [2.24, 2.45) is 5.92 Å². The van der Waals surface area contributed by atoms with Gasteiger partial charge in [-0.2, -0.15) is 0 Å². The molecule has 4 nitrogen and oxygen atoms in total. The van der Waals surface area contributed by atoms with Gasteiger partial charge in [0.15, 0.2) is 0 Å². The zero-order valence-corrected chi connectivity index (χ0v) is 18.3. The molecule has 1 aromatic heterocycles. The lowest BCUT2D eigenvalue weighted by atomic mass is 9.89. The minimum atomic E-state index is -0.168. The highest BCUT2D eigenvalue weighted by Crippen LogP contribution is 2.24. The average Bonchev–Trinajstić information content (AvgIpc) is 2.75. The zero-order valence-electron chi connectivity index (χ0n) is 18.3. The molecule has 1 heterocycles. The number of carbonyl (C=O) groups excluding carboxylic acids is 1. The van der Waals surface area contributed by atoms with Gasteiger partial charge in [-0.05, 0) is 63.3 Å². The van der Waals surface area contributed by atoms with Crippen LogP contribution in [0, 0.1) is 19.8 Å². The van der Waals surface area contributed by atoms with Crippen LogP contribution in [0.3, 0.4) is 0 Å². The van der Waals surface area contributed by atoms with Crippen LogP contribution in [0.5, 0.6) is 0 Å². The number of aromatic nitrogens is 1. The van der Waals surface area contributed by atoms with Crippen LogP contribution in [0.1, 0.15) is 66.1 Å². The fourth-order valence-electron chi connectivity index (χ4n) is 4.05. The first-order chi connectivity index (χ1) is 14.5. The van der Waals surface area contributed by atoms with Crippen LogP contribution < -0.4 is 10.9 Å². The Morgan fingerprint density at radius 2 is 1.90 bits per heavy atom. The molecule has 3 rings (SSSR count). The van der Waals surface area contributed by atoms with E-state index >= 15 is 0 Å². The molecule has 1 fully saturated rings. The third-order valence-corrected chi connectivity index (χ3v) is 5.83. The summed E-state index contributed by atoms with van der Waals surface area (Å²) in [7, 11) is 0. The third kappa shape index (κ3) is 5.59. The number of amides is 1. The number of nitrogens with one attached hydrogen (secondary N) is 1. The topological polar surface area (TPSA) is 51.1 Å². The van der Waals surface area contributed by atoms with Gasteiger partial charge in [0.2, 0.25) is 0 Å². The third-order valence-electron chi connectivity index (χ3n) is 5.83. The van der Waals surface area contributed by atoms with E-state index in [1.807, 2.05) is 69.5 Å². The predicted molar refractivity (Wildman–Crippen MR) is 123 cm³/mol. The highest BCUT2D eigenvalue weighted by molar-refractivity contribution is 6.00. The Labute approximate surface area is 179 Å². The summed E-state index contributed by atoms with van der Waals surface area (Å²) in [6, 6.07) is 9.38. The first-order valence-electron chi connectivity index (χ1n) is 10.9. The summed E-state index contributed by atoms with van der Waals surface area (Å²) in [5, 5.41) is 3.00. The van der Waals surface area contributed by atoms with Crippen LogP contribution in [0.25, 0.3) is 5.70 Å². The highest BCUT2D eigenvalue weighted by Gasteiger charge is 2.16. The fourth-order valence-corrected chi connectivity index (χ4v) is 4.05. The second kappa shape index (κ2) is 10.2. The molecule has 1 aromatic carbocycles. The Balaban J connectivity index is 1.83. The number of hydrogen-bond acceptors (Lipinski definition) is 2. The maximum Gasteiger partial charge on any atom is 0.255 e. The van der Waals surface area contributed by atoms with Crippen molar-refractivity contribution < 1.29 is 4.79 Å². The maximum absolute atomic E-state index is 12.9. The summed E-state index contributed by atoms with van der Waals surface area (Å²) in [5.41, 5.74) is 3.93. The van der Waals surface area contributed by atoms with Gasteiger partial charge in [0.1, 0.15) is 0 Å². The first kappa shape index (κ1) is 21.8. The minimum Gasteiger partial charge on any atom is -0.321 e. The maximum atomic E-state index is 12.9. The van der Waals surface area contributed by atoms with Crippen LogP contribution in [-0.2, 0) is 6.54 Å². The van der Waals surface area contributed by atoms with Crippen LogP contribution in [-0.4, -0.2) is 10.5 Å². The van der Waals surface area contributed by atoms with E-state index in [0.29, 0.717) is 17.2 Å². The second-order valence-corrected chi connectivity index (χ2v) is 8.29. The number of allylic oxidation sites excluding steroid dienone is 3. The average molecular weight is 405 g/mol. The van der Waals surface area contributed by atoms with E-state index in [1.165, 1.54) is 32.1 Å². The van der Waals surface area contributed by atoms with Crippen molar-refractivity contribution in [2.75, 3.05) is 0 Å². The number of nitrogens with zero attached hydrogens (tertiary/aromatic N) is 1. The Hall–Kier alpha value is -2.88. The van der Waals surface area contributed by atoms with Crippen LogP contribution in [0.4, 0.5) is 0 Å². The molecule has 4 heteroatoms. The molecule has 0 spiro atoms. The van der Waals surface area contributed by atoms with Crippen LogP contribution >= 0.6 is 0 Å². The largest absolute Gasteiger partial charge is 0.321 e. The van der Waals surface area contributed by atoms with Gasteiger partial charge in [0.05, 0.1) is 0 Å². The Kier molecular flexibility index (Phi) is 7.45. The van der Waals surface area contributed by atoms with E-state index < -0.39 is 0 Å². The fraction of sp³-hybridized carbons (Fsp3) is 0.385. The highest BCUT2D eigenvalue weighted by atomic mass is 16.1. The molecule has 1 aliphatic rings. The molecule has 0 saturated heterocycles. The minimum absolute atomic E-state index is 0.0227. The lowest BCUT2D eigenvalue weighted by Gasteiger charge is -2.22. The normalized spacial score (nSPS) is 15.5. The molecular formula is C26H32N2O2. The van der Waals surface area contributed by atoms with Crippen molar-refractivity contribution in [2.45, 2.75) is 59.4 Å². The van der Waals surface area contributed by atoms with Crippen molar-refractivity contribution in [3.8, 4) is 0 Å². The number of carbonyl (C=O) groups is 1. The zero-order chi connectivity index (χ0) is 21.5. The van der Waals surface area contributed by atoms with Gasteiger partial charge in [0.25, 0.3) is 11.5 Å². The lowest BCUT2D eigenvalue weighted by molar-refractivity contribution is 0.0973. The Morgan fingerprint density at radius 1 is 1.13 bits per heavy atom. The number of benzene rings is 1. The van der Waals surface area contributed by atoms with Gasteiger partial charge < -0.3 is 9.88 Å². The molecule has 1 saturated carbocycles. The molecule has 1 N–H and O–H groups in total. The lowest BCUT2D eigenvalue weighted by Crippen LogP contribution is -2.27. The van der Waals surface area contributed by atoms with Gasteiger partial charge >= 0.3 is 0 Å². The van der Waals surface area contributed by atoms with Gasteiger partial charge in [0, 0.05) is 35.6 Å². The van der Waals surface area contributed by atoms with Gasteiger partial charge in [-0.15, -0.1) is 0 Å². The number of rotatable bonds is 6. The van der Waals surface area contributed by atoms with Crippen LogP contribution in [0.15, 0.2) is 59.6 Å². The van der Waals surface area contributed by atoms with E-state index in [1.54, 1.807) is 10.6 Å². The van der Waals surface area contributed by atoms with Gasteiger partial charge in [-0.25, -0.2) is 0 Å². The number of aryl methyl sites for hydroxylation is 2.